The van der Waals surface area contributed by atoms with Crippen molar-refractivity contribution in [3.63, 3.8) is 0 Å². The molecule has 1 aliphatic rings. The Morgan fingerprint density at radius 3 is 2.08 bits per heavy atom. The van der Waals surface area contributed by atoms with Gasteiger partial charge in [-0.25, -0.2) is 4.98 Å². The molecule has 0 unspecified atom stereocenters. The van der Waals surface area contributed by atoms with Crippen molar-refractivity contribution < 1.29 is 14.6 Å². The number of aromatic nitrogens is 1. The average Bonchev–Trinajstić information content (AvgIpc) is 2.68. The lowest BCUT2D eigenvalue weighted by Crippen LogP contribution is -2.40. The van der Waals surface area contributed by atoms with Gasteiger partial charge in [0.15, 0.2) is 0 Å². The van der Waals surface area contributed by atoms with Crippen LogP contribution in [0.3, 0.4) is 0 Å². The van der Waals surface area contributed by atoms with Crippen molar-refractivity contribution in [2.24, 2.45) is 0 Å². The molecule has 0 aliphatic carbocycles. The van der Waals surface area contributed by atoms with Crippen molar-refractivity contribution >= 4 is 0 Å². The first-order valence-electron chi connectivity index (χ1n) is 7.85. The zero-order valence-corrected chi connectivity index (χ0v) is 13.1. The normalized spacial score (nSPS) is 15.4. The smallest absolute Gasteiger partial charge is 0.264 e. The first-order valence-corrected chi connectivity index (χ1v) is 7.85. The van der Waals surface area contributed by atoms with Gasteiger partial charge in [-0.3, -0.25) is 0 Å². The molecule has 0 atom stereocenters. The fraction of sp³-hybridized carbons (Fsp3) is 0.150. The van der Waals surface area contributed by atoms with Crippen LogP contribution in [0.2, 0.25) is 0 Å². The van der Waals surface area contributed by atoms with Crippen LogP contribution in [-0.4, -0.2) is 10.1 Å². The summed E-state index contributed by atoms with van der Waals surface area (Å²) in [6.45, 7) is 0.211. The highest BCUT2D eigenvalue weighted by atomic mass is 16.7. The van der Waals surface area contributed by atoms with Crippen molar-refractivity contribution in [3.05, 3.63) is 95.3 Å². The molecule has 4 nitrogen and oxygen atoms in total. The Bertz CT molecular complexity index is 795. The molecule has 4 heteroatoms. The Morgan fingerprint density at radius 2 is 1.50 bits per heavy atom. The molecule has 0 radical (unpaired) electrons. The predicted molar refractivity (Wildman–Crippen MR) is 89.2 cm³/mol. The van der Waals surface area contributed by atoms with Gasteiger partial charge in [-0.15, -0.1) is 0 Å². The summed E-state index contributed by atoms with van der Waals surface area (Å²) in [7, 11) is 0. The SMILES string of the molecule is OCc1ccc2c(n1)COC(c1ccccc1)(c1ccccc1)O2. The number of nitrogens with zero attached hydrogens (tertiary/aromatic N) is 1. The van der Waals surface area contributed by atoms with Crippen LogP contribution in [0.15, 0.2) is 72.8 Å². The maximum absolute atomic E-state index is 9.25. The number of hydrogen-bond acceptors (Lipinski definition) is 4. The number of benzene rings is 2. The molecule has 1 N–H and O–H groups in total. The minimum atomic E-state index is -1.00. The maximum atomic E-state index is 9.25. The monoisotopic (exact) mass is 319 g/mol. The molecule has 4 rings (SSSR count). The molecular formula is C20H17NO3. The number of hydrogen-bond donors (Lipinski definition) is 1. The molecular weight excluding hydrogens is 302 g/mol. The molecule has 2 heterocycles. The van der Waals surface area contributed by atoms with Crippen LogP contribution in [0.4, 0.5) is 0 Å². The van der Waals surface area contributed by atoms with Crippen molar-refractivity contribution in [3.8, 4) is 5.75 Å². The fourth-order valence-electron chi connectivity index (χ4n) is 2.94. The van der Waals surface area contributed by atoms with Crippen LogP contribution < -0.4 is 4.74 Å². The van der Waals surface area contributed by atoms with E-state index in [4.69, 9.17) is 9.47 Å². The summed E-state index contributed by atoms with van der Waals surface area (Å²) in [5, 5.41) is 9.25. The Hall–Kier alpha value is -2.69. The van der Waals surface area contributed by atoms with Crippen molar-refractivity contribution in [2.75, 3.05) is 0 Å². The molecule has 0 spiro atoms. The summed E-state index contributed by atoms with van der Waals surface area (Å²) in [6.07, 6.45) is 0. The van der Waals surface area contributed by atoms with Gasteiger partial charge < -0.3 is 14.6 Å². The molecule has 1 aliphatic heterocycles. The van der Waals surface area contributed by atoms with Crippen molar-refractivity contribution in [1.82, 2.24) is 4.98 Å². The number of ether oxygens (including phenoxy) is 2. The van der Waals surface area contributed by atoms with Gasteiger partial charge in [0.25, 0.3) is 5.79 Å². The van der Waals surface area contributed by atoms with Crippen LogP contribution in [0.1, 0.15) is 22.5 Å². The van der Waals surface area contributed by atoms with E-state index >= 15 is 0 Å². The quantitative estimate of drug-likeness (QED) is 0.804. The summed E-state index contributed by atoms with van der Waals surface area (Å²) in [5.41, 5.74) is 3.15. The molecule has 0 bridgehead atoms. The van der Waals surface area contributed by atoms with E-state index in [1.165, 1.54) is 0 Å². The highest BCUT2D eigenvalue weighted by molar-refractivity contribution is 5.39. The summed E-state index contributed by atoms with van der Waals surface area (Å²) in [6, 6.07) is 23.4. The maximum Gasteiger partial charge on any atom is 0.264 e. The lowest BCUT2D eigenvalue weighted by molar-refractivity contribution is -0.186. The van der Waals surface area contributed by atoms with Gasteiger partial charge in [-0.05, 0) is 12.1 Å². The second-order valence-corrected chi connectivity index (χ2v) is 5.64. The summed E-state index contributed by atoms with van der Waals surface area (Å²) in [4.78, 5) is 4.38. The first kappa shape index (κ1) is 14.9. The minimum Gasteiger partial charge on any atom is -0.452 e. The van der Waals surface area contributed by atoms with E-state index in [1.54, 1.807) is 6.07 Å². The molecule has 0 saturated carbocycles. The van der Waals surface area contributed by atoms with E-state index in [0.717, 1.165) is 11.1 Å². The second-order valence-electron chi connectivity index (χ2n) is 5.64. The van der Waals surface area contributed by atoms with E-state index < -0.39 is 5.79 Å². The molecule has 0 fully saturated rings. The van der Waals surface area contributed by atoms with Crippen molar-refractivity contribution in [2.45, 2.75) is 19.0 Å². The topological polar surface area (TPSA) is 51.6 Å². The molecule has 0 amide bonds. The molecule has 0 saturated heterocycles. The summed E-state index contributed by atoms with van der Waals surface area (Å²) in [5.74, 6) is -0.330. The zero-order chi connectivity index (χ0) is 16.4. The summed E-state index contributed by atoms with van der Waals surface area (Å²) < 4.78 is 12.5. The van der Waals surface area contributed by atoms with Gasteiger partial charge in [0.2, 0.25) is 0 Å². The summed E-state index contributed by atoms with van der Waals surface area (Å²) >= 11 is 0. The Labute approximate surface area is 140 Å². The first-order chi connectivity index (χ1) is 11.8. The second kappa shape index (κ2) is 6.07. The van der Waals surface area contributed by atoms with Gasteiger partial charge in [-0.2, -0.15) is 0 Å². The Balaban J connectivity index is 1.84. The molecule has 120 valence electrons. The molecule has 1 aromatic heterocycles. The largest absolute Gasteiger partial charge is 0.452 e. The lowest BCUT2D eigenvalue weighted by Gasteiger charge is -2.38. The van der Waals surface area contributed by atoms with Crippen LogP contribution in [-0.2, 0) is 23.7 Å². The average molecular weight is 319 g/mol. The highest BCUT2D eigenvalue weighted by Crippen LogP contribution is 2.41. The van der Waals surface area contributed by atoms with Gasteiger partial charge in [0, 0.05) is 11.1 Å². The van der Waals surface area contributed by atoms with Crippen molar-refractivity contribution in [1.29, 1.82) is 0 Å². The number of fused-ring (bicyclic) bond motifs is 1. The van der Waals surface area contributed by atoms with E-state index in [0.29, 0.717) is 23.7 Å². The van der Waals surface area contributed by atoms with E-state index in [2.05, 4.69) is 4.98 Å². The predicted octanol–water partition coefficient (Wildman–Crippen LogP) is 3.38. The van der Waals surface area contributed by atoms with Crippen LogP contribution in [0.5, 0.6) is 5.75 Å². The fourth-order valence-corrected chi connectivity index (χ4v) is 2.94. The van der Waals surface area contributed by atoms with E-state index in [-0.39, 0.29) is 6.61 Å². The third-order valence-corrected chi connectivity index (χ3v) is 4.13. The third kappa shape index (κ3) is 2.46. The number of aliphatic hydroxyl groups is 1. The number of pyridine rings is 1. The van der Waals surface area contributed by atoms with Crippen LogP contribution in [0.25, 0.3) is 0 Å². The number of rotatable bonds is 3. The van der Waals surface area contributed by atoms with Gasteiger partial charge in [0.1, 0.15) is 11.4 Å². The van der Waals surface area contributed by atoms with E-state index in [9.17, 15) is 5.11 Å². The Kier molecular flexibility index (Phi) is 3.76. The van der Waals surface area contributed by atoms with E-state index in [1.807, 2.05) is 66.7 Å². The molecule has 2 aromatic carbocycles. The number of aliphatic hydroxyl groups excluding tert-OH is 1. The minimum absolute atomic E-state index is 0.101. The Morgan fingerprint density at radius 1 is 0.875 bits per heavy atom. The van der Waals surface area contributed by atoms with Gasteiger partial charge >= 0.3 is 0 Å². The third-order valence-electron chi connectivity index (χ3n) is 4.13. The van der Waals surface area contributed by atoms with Crippen LogP contribution >= 0.6 is 0 Å². The van der Waals surface area contributed by atoms with Crippen LogP contribution in [0, 0.1) is 0 Å². The highest BCUT2D eigenvalue weighted by Gasteiger charge is 2.42. The lowest BCUT2D eigenvalue weighted by atomic mass is 9.96. The molecule has 3 aromatic rings. The van der Waals surface area contributed by atoms with Gasteiger partial charge in [0.05, 0.1) is 18.9 Å². The standard InChI is InChI=1S/C20H17NO3/c22-13-17-11-12-19-18(21-17)14-23-20(24-19,15-7-3-1-4-8-15)16-9-5-2-6-10-16/h1-12,22H,13-14H2. The zero-order valence-electron chi connectivity index (χ0n) is 13.1. The van der Waals surface area contributed by atoms with Gasteiger partial charge in [-0.1, -0.05) is 60.7 Å². The molecule has 24 heavy (non-hydrogen) atoms.